The highest BCUT2D eigenvalue weighted by Crippen LogP contribution is 2.28. The van der Waals surface area contributed by atoms with Crippen LogP contribution in [0, 0.1) is 0 Å². The molecule has 30 heavy (non-hydrogen) atoms. The Balaban J connectivity index is 1.88. The van der Waals surface area contributed by atoms with Gasteiger partial charge in [-0.1, -0.05) is 6.07 Å². The number of amides is 2. The number of hydrogen-bond donors (Lipinski definition) is 3. The Kier molecular flexibility index (Phi) is 8.19. The molecule has 0 heterocycles. The van der Waals surface area contributed by atoms with Gasteiger partial charge in [-0.3, -0.25) is 9.59 Å². The van der Waals surface area contributed by atoms with Crippen molar-refractivity contribution in [1.82, 2.24) is 5.32 Å². The summed E-state index contributed by atoms with van der Waals surface area (Å²) in [5, 5.41) is 9.95. The molecule has 0 unspecified atom stereocenters. The minimum absolute atomic E-state index is 0.0910. The molecule has 0 aliphatic carbocycles. The largest absolute Gasteiger partial charge is 0.490 e. The van der Waals surface area contributed by atoms with Crippen LogP contribution in [0.15, 0.2) is 47.4 Å². The SMILES string of the molecule is CCOc1ccc(CCNC(=O)C(=O)Nc2ccc(S(N)(=O)=O)cc2)cc1OCC. The van der Waals surface area contributed by atoms with Crippen LogP contribution in [0.25, 0.3) is 0 Å². The van der Waals surface area contributed by atoms with Crippen molar-refractivity contribution in [2.45, 2.75) is 25.2 Å². The van der Waals surface area contributed by atoms with Crippen molar-refractivity contribution in [3.05, 3.63) is 48.0 Å². The van der Waals surface area contributed by atoms with Gasteiger partial charge in [-0.15, -0.1) is 0 Å². The van der Waals surface area contributed by atoms with Crippen LogP contribution < -0.4 is 25.2 Å². The van der Waals surface area contributed by atoms with E-state index in [0.29, 0.717) is 31.1 Å². The van der Waals surface area contributed by atoms with Gasteiger partial charge >= 0.3 is 11.8 Å². The molecule has 2 amide bonds. The van der Waals surface area contributed by atoms with Gasteiger partial charge in [-0.05, 0) is 62.2 Å². The molecular formula is C20H25N3O6S. The number of hydrogen-bond acceptors (Lipinski definition) is 6. The van der Waals surface area contributed by atoms with Crippen LogP contribution in [0.4, 0.5) is 5.69 Å². The van der Waals surface area contributed by atoms with E-state index in [1.165, 1.54) is 24.3 Å². The highest BCUT2D eigenvalue weighted by molar-refractivity contribution is 7.89. The van der Waals surface area contributed by atoms with Gasteiger partial charge in [0.1, 0.15) is 0 Å². The quantitative estimate of drug-likeness (QED) is 0.510. The number of sulfonamides is 1. The summed E-state index contributed by atoms with van der Waals surface area (Å²) < 4.78 is 33.5. The van der Waals surface area contributed by atoms with Crippen molar-refractivity contribution in [3.8, 4) is 11.5 Å². The maximum absolute atomic E-state index is 12.0. The van der Waals surface area contributed by atoms with Crippen molar-refractivity contribution in [1.29, 1.82) is 0 Å². The van der Waals surface area contributed by atoms with Crippen LogP contribution in [0.2, 0.25) is 0 Å². The van der Waals surface area contributed by atoms with Crippen molar-refractivity contribution in [3.63, 3.8) is 0 Å². The summed E-state index contributed by atoms with van der Waals surface area (Å²) in [5.41, 5.74) is 1.19. The molecule has 4 N–H and O–H groups in total. The van der Waals surface area contributed by atoms with Gasteiger partial charge in [-0.25, -0.2) is 13.6 Å². The van der Waals surface area contributed by atoms with E-state index in [1.807, 2.05) is 32.0 Å². The van der Waals surface area contributed by atoms with Crippen molar-refractivity contribution < 1.29 is 27.5 Å². The minimum atomic E-state index is -3.82. The average molecular weight is 436 g/mol. The summed E-state index contributed by atoms with van der Waals surface area (Å²) in [6.45, 7) is 5.03. The van der Waals surface area contributed by atoms with Gasteiger partial charge in [0, 0.05) is 12.2 Å². The summed E-state index contributed by atoms with van der Waals surface area (Å²) in [6.07, 6.45) is 0.495. The van der Waals surface area contributed by atoms with Crippen LogP contribution in [0.5, 0.6) is 11.5 Å². The molecule has 0 saturated heterocycles. The molecule has 0 radical (unpaired) electrons. The first-order valence-corrected chi connectivity index (χ1v) is 10.9. The van der Waals surface area contributed by atoms with Gasteiger partial charge in [0.25, 0.3) is 0 Å². The summed E-state index contributed by atoms with van der Waals surface area (Å²) >= 11 is 0. The van der Waals surface area contributed by atoms with Crippen LogP contribution in [0.1, 0.15) is 19.4 Å². The number of nitrogens with two attached hydrogens (primary N) is 1. The zero-order valence-corrected chi connectivity index (χ0v) is 17.6. The predicted octanol–water partition coefficient (Wildman–Crippen LogP) is 1.43. The predicted molar refractivity (Wildman–Crippen MR) is 112 cm³/mol. The molecule has 0 bridgehead atoms. The number of carbonyl (C=O) groups excluding carboxylic acids is 2. The molecule has 0 fully saturated rings. The second-order valence-electron chi connectivity index (χ2n) is 6.18. The summed E-state index contributed by atoms with van der Waals surface area (Å²) in [7, 11) is -3.82. The normalized spacial score (nSPS) is 10.9. The molecule has 2 aromatic carbocycles. The summed E-state index contributed by atoms with van der Waals surface area (Å²) in [6, 6.07) is 10.7. The lowest BCUT2D eigenvalue weighted by Gasteiger charge is -2.12. The Morgan fingerprint density at radius 1 is 0.933 bits per heavy atom. The highest BCUT2D eigenvalue weighted by Gasteiger charge is 2.14. The van der Waals surface area contributed by atoms with Crippen molar-refractivity contribution in [2.75, 3.05) is 25.1 Å². The van der Waals surface area contributed by atoms with E-state index in [1.54, 1.807) is 0 Å². The van der Waals surface area contributed by atoms with E-state index < -0.39 is 21.8 Å². The van der Waals surface area contributed by atoms with Gasteiger partial charge in [-0.2, -0.15) is 0 Å². The zero-order chi connectivity index (χ0) is 22.1. The lowest BCUT2D eigenvalue weighted by atomic mass is 10.1. The maximum Gasteiger partial charge on any atom is 0.313 e. The van der Waals surface area contributed by atoms with Crippen molar-refractivity contribution >= 4 is 27.5 Å². The Hall–Kier alpha value is -3.11. The second-order valence-corrected chi connectivity index (χ2v) is 7.74. The Morgan fingerprint density at radius 2 is 1.57 bits per heavy atom. The molecule has 0 aliphatic heterocycles. The molecule has 0 atom stereocenters. The van der Waals surface area contributed by atoms with Crippen molar-refractivity contribution in [2.24, 2.45) is 5.14 Å². The molecule has 0 saturated carbocycles. The number of nitrogens with one attached hydrogen (secondary N) is 2. The number of anilines is 1. The molecule has 9 nitrogen and oxygen atoms in total. The molecular weight excluding hydrogens is 410 g/mol. The molecule has 162 valence electrons. The van der Waals surface area contributed by atoms with Gasteiger partial charge in [0.15, 0.2) is 11.5 Å². The number of rotatable bonds is 9. The van der Waals surface area contributed by atoms with E-state index in [4.69, 9.17) is 14.6 Å². The first-order valence-electron chi connectivity index (χ1n) is 9.35. The van der Waals surface area contributed by atoms with E-state index in [-0.39, 0.29) is 17.1 Å². The number of primary sulfonamides is 1. The summed E-state index contributed by atoms with van der Waals surface area (Å²) in [4.78, 5) is 23.9. The highest BCUT2D eigenvalue weighted by atomic mass is 32.2. The van der Waals surface area contributed by atoms with E-state index in [9.17, 15) is 18.0 Å². The number of carbonyl (C=O) groups is 2. The number of ether oxygens (including phenoxy) is 2. The average Bonchev–Trinajstić information content (AvgIpc) is 2.70. The lowest BCUT2D eigenvalue weighted by Crippen LogP contribution is -2.36. The summed E-state index contributed by atoms with van der Waals surface area (Å²) in [5.74, 6) is -0.384. The van der Waals surface area contributed by atoms with E-state index in [2.05, 4.69) is 10.6 Å². The molecule has 0 aromatic heterocycles. The smallest absolute Gasteiger partial charge is 0.313 e. The fourth-order valence-electron chi connectivity index (χ4n) is 2.57. The van der Waals surface area contributed by atoms with Crippen LogP contribution >= 0.6 is 0 Å². The Bertz CT molecular complexity index is 990. The van der Waals surface area contributed by atoms with E-state index >= 15 is 0 Å². The molecule has 0 aliphatic rings. The maximum atomic E-state index is 12.0. The second kappa shape index (κ2) is 10.6. The fraction of sp³-hybridized carbons (Fsp3) is 0.300. The Morgan fingerprint density at radius 3 is 2.17 bits per heavy atom. The third kappa shape index (κ3) is 6.75. The van der Waals surface area contributed by atoms with E-state index in [0.717, 1.165) is 5.56 Å². The molecule has 0 spiro atoms. The third-order valence-corrected chi connectivity index (χ3v) is 4.88. The number of benzene rings is 2. The first-order chi connectivity index (χ1) is 14.2. The monoisotopic (exact) mass is 435 g/mol. The Labute approximate surface area is 175 Å². The first kappa shape index (κ1) is 23.2. The third-order valence-electron chi connectivity index (χ3n) is 3.95. The van der Waals surface area contributed by atoms with Gasteiger partial charge < -0.3 is 20.1 Å². The minimum Gasteiger partial charge on any atom is -0.490 e. The molecule has 2 aromatic rings. The van der Waals surface area contributed by atoms with Crippen LogP contribution in [0.3, 0.4) is 0 Å². The fourth-order valence-corrected chi connectivity index (χ4v) is 3.08. The molecule has 2 rings (SSSR count). The molecule has 10 heteroatoms. The van der Waals surface area contributed by atoms with Gasteiger partial charge in [0.2, 0.25) is 10.0 Å². The van der Waals surface area contributed by atoms with Crippen LogP contribution in [-0.2, 0) is 26.0 Å². The topological polar surface area (TPSA) is 137 Å². The standard InChI is InChI=1S/C20H25N3O6S/c1-3-28-17-10-5-14(13-18(17)29-4-2)11-12-22-19(24)20(25)23-15-6-8-16(9-7-15)30(21,26)27/h5-10,13H,3-4,11-12H2,1-2H3,(H,22,24)(H,23,25)(H2,21,26,27). The van der Waals surface area contributed by atoms with Crippen LogP contribution in [-0.4, -0.2) is 40.0 Å². The lowest BCUT2D eigenvalue weighted by molar-refractivity contribution is -0.136. The van der Waals surface area contributed by atoms with Gasteiger partial charge in [0.05, 0.1) is 18.1 Å². The zero-order valence-electron chi connectivity index (χ0n) is 16.8.